The summed E-state index contributed by atoms with van der Waals surface area (Å²) in [4.78, 5) is 33.1. The van der Waals surface area contributed by atoms with E-state index in [1.807, 2.05) is 0 Å². The molecule has 1 unspecified atom stereocenters. The minimum absolute atomic E-state index is 0.00741. The first-order valence-corrected chi connectivity index (χ1v) is 8.81. The Hall–Kier alpha value is -2.27. The Morgan fingerprint density at radius 1 is 1.26 bits per heavy atom. The summed E-state index contributed by atoms with van der Waals surface area (Å²) in [5.74, 6) is -1.24. The molecule has 1 saturated heterocycles. The van der Waals surface area contributed by atoms with Crippen molar-refractivity contribution in [3.63, 3.8) is 0 Å². The van der Waals surface area contributed by atoms with Crippen LogP contribution in [0.4, 0.5) is 13.2 Å². The molecule has 150 valence electrons. The van der Waals surface area contributed by atoms with Crippen molar-refractivity contribution in [3.8, 4) is 0 Å². The molecule has 7 nitrogen and oxygen atoms in total. The molecule has 11 heteroatoms. The molecule has 0 saturated carbocycles. The summed E-state index contributed by atoms with van der Waals surface area (Å²) in [6, 6.07) is 2.56. The van der Waals surface area contributed by atoms with Gasteiger partial charge in [0, 0.05) is 12.7 Å². The molecule has 1 amide bonds. The van der Waals surface area contributed by atoms with Crippen LogP contribution in [0.5, 0.6) is 0 Å². The number of nitrogens with two attached hydrogens (primary N) is 1. The third-order valence-corrected chi connectivity index (χ3v) is 4.64. The van der Waals surface area contributed by atoms with Gasteiger partial charge in [-0.15, -0.1) is 11.8 Å². The maximum absolute atomic E-state index is 12.2. The lowest BCUT2D eigenvalue weighted by atomic mass is 10.0. The first-order valence-electron chi connectivity index (χ1n) is 7.65. The maximum atomic E-state index is 12.2. The number of carbonyl (C=O) groups is 3. The van der Waals surface area contributed by atoms with E-state index >= 15 is 0 Å². The normalized spacial score (nSPS) is 17.7. The van der Waals surface area contributed by atoms with E-state index in [0.29, 0.717) is 17.2 Å². The van der Waals surface area contributed by atoms with Gasteiger partial charge in [0.05, 0.1) is 11.4 Å². The number of carboxylic acid groups (broad SMARTS) is 2. The molecule has 4 N–H and O–H groups in total. The van der Waals surface area contributed by atoms with E-state index in [2.05, 4.69) is 0 Å². The molecule has 0 aliphatic carbocycles. The molecule has 1 fully saturated rings. The molecule has 1 aliphatic rings. The molecular weight excluding hydrogens is 389 g/mol. The van der Waals surface area contributed by atoms with E-state index < -0.39 is 35.8 Å². The van der Waals surface area contributed by atoms with Crippen molar-refractivity contribution in [3.05, 3.63) is 35.4 Å². The Morgan fingerprint density at radius 3 is 2.19 bits per heavy atom. The Bertz CT molecular complexity index is 662. The smallest absolute Gasteiger partial charge is 0.416 e. The molecule has 0 bridgehead atoms. The van der Waals surface area contributed by atoms with Crippen LogP contribution in [0, 0.1) is 0 Å². The highest BCUT2D eigenvalue weighted by molar-refractivity contribution is 7.99. The molecule has 0 aromatic heterocycles. The van der Waals surface area contributed by atoms with E-state index in [-0.39, 0.29) is 12.3 Å². The summed E-state index contributed by atoms with van der Waals surface area (Å²) in [6.45, 7) is 1.39. The van der Waals surface area contributed by atoms with Crippen LogP contribution in [-0.2, 0) is 27.0 Å². The van der Waals surface area contributed by atoms with Gasteiger partial charge >= 0.3 is 18.1 Å². The minimum atomic E-state index is -4.38. The van der Waals surface area contributed by atoms with Gasteiger partial charge in [-0.2, -0.15) is 13.2 Å². The lowest BCUT2D eigenvalue weighted by molar-refractivity contribution is -0.147. The Morgan fingerprint density at radius 2 is 1.81 bits per heavy atom. The number of rotatable bonds is 4. The lowest BCUT2D eigenvalue weighted by Gasteiger charge is -2.17. The summed E-state index contributed by atoms with van der Waals surface area (Å²) in [5.41, 5.74) is 4.95. The number of hydrogen-bond donors (Lipinski definition) is 3. The van der Waals surface area contributed by atoms with Gasteiger partial charge in [0.25, 0.3) is 0 Å². The highest BCUT2D eigenvalue weighted by atomic mass is 32.2. The second kappa shape index (κ2) is 9.60. The van der Waals surface area contributed by atoms with Gasteiger partial charge in [-0.25, -0.2) is 4.79 Å². The second-order valence-corrected chi connectivity index (χ2v) is 6.69. The number of carbonyl (C=O) groups excluding carboxylic acids is 1. The van der Waals surface area contributed by atoms with Crippen molar-refractivity contribution in [2.24, 2.45) is 5.73 Å². The number of nitrogens with zero attached hydrogens (tertiary/aromatic N) is 1. The fraction of sp³-hybridized carbons (Fsp3) is 0.438. The molecule has 1 heterocycles. The number of thioether (sulfide) groups is 1. The van der Waals surface area contributed by atoms with E-state index in [4.69, 9.17) is 15.9 Å². The van der Waals surface area contributed by atoms with Crippen molar-refractivity contribution in [2.45, 2.75) is 31.6 Å². The third-order valence-electron chi connectivity index (χ3n) is 3.63. The minimum Gasteiger partial charge on any atom is -0.480 e. The third kappa shape index (κ3) is 7.10. The molecule has 27 heavy (non-hydrogen) atoms. The second-order valence-electron chi connectivity index (χ2n) is 5.69. The number of aliphatic carboxylic acids is 2. The van der Waals surface area contributed by atoms with E-state index in [1.54, 1.807) is 0 Å². The average Bonchev–Trinajstić information content (AvgIpc) is 3.05. The predicted octanol–water partition coefficient (Wildman–Crippen LogP) is 1.65. The Kier molecular flexibility index (Phi) is 8.10. The zero-order valence-corrected chi connectivity index (χ0v) is 15.1. The van der Waals surface area contributed by atoms with Gasteiger partial charge in [-0.3, -0.25) is 9.59 Å². The summed E-state index contributed by atoms with van der Waals surface area (Å²) < 4.78 is 36.6. The number of halogens is 3. The molecule has 0 spiro atoms. The van der Waals surface area contributed by atoms with Gasteiger partial charge in [0.2, 0.25) is 5.91 Å². The van der Waals surface area contributed by atoms with Gasteiger partial charge < -0.3 is 20.8 Å². The van der Waals surface area contributed by atoms with Gasteiger partial charge in [-0.05, 0) is 24.1 Å². The largest absolute Gasteiger partial charge is 0.480 e. The molecule has 0 radical (unpaired) electrons. The summed E-state index contributed by atoms with van der Waals surface area (Å²) in [5, 5.41) is 17.1. The monoisotopic (exact) mass is 408 g/mol. The van der Waals surface area contributed by atoms with Crippen molar-refractivity contribution in [1.82, 2.24) is 4.90 Å². The molecule has 1 aliphatic heterocycles. The molecule has 1 aromatic rings. The number of benzene rings is 1. The quantitative estimate of drug-likeness (QED) is 0.693. The number of carboxylic acids is 2. The number of amides is 1. The SMILES string of the molecule is CC(=O)N1CSC[C@@H]1C(=O)O.NC(Cc1ccc(C(F)(F)F)cc1)C(=O)O. The summed E-state index contributed by atoms with van der Waals surface area (Å²) in [6.07, 6.45) is -4.37. The van der Waals surface area contributed by atoms with Crippen LogP contribution in [0.1, 0.15) is 18.1 Å². The first kappa shape index (κ1) is 22.8. The summed E-state index contributed by atoms with van der Waals surface area (Å²) in [7, 11) is 0. The lowest BCUT2D eigenvalue weighted by Crippen LogP contribution is -2.40. The van der Waals surface area contributed by atoms with E-state index in [1.165, 1.54) is 35.7 Å². The fourth-order valence-electron chi connectivity index (χ4n) is 2.13. The predicted molar refractivity (Wildman–Crippen MR) is 92.0 cm³/mol. The van der Waals surface area contributed by atoms with Crippen molar-refractivity contribution < 1.29 is 37.8 Å². The zero-order chi connectivity index (χ0) is 20.8. The van der Waals surface area contributed by atoms with Crippen LogP contribution in [0.2, 0.25) is 0 Å². The van der Waals surface area contributed by atoms with Crippen LogP contribution in [0.25, 0.3) is 0 Å². The number of hydrogen-bond acceptors (Lipinski definition) is 5. The summed E-state index contributed by atoms with van der Waals surface area (Å²) >= 11 is 1.47. The van der Waals surface area contributed by atoms with Crippen LogP contribution in [0.3, 0.4) is 0 Å². The van der Waals surface area contributed by atoms with Gasteiger partial charge in [-0.1, -0.05) is 12.1 Å². The standard InChI is InChI=1S/C10H10F3NO2.C6H9NO3S/c11-10(12,13)7-3-1-6(2-4-7)5-8(14)9(15)16;1-4(8)7-3-11-2-5(7)6(9)10/h1-4,8H,5,14H2,(H,15,16);5H,2-3H2,1H3,(H,9,10)/t;5-/m.1/s1. The van der Waals surface area contributed by atoms with Gasteiger partial charge in [0.1, 0.15) is 12.1 Å². The van der Waals surface area contributed by atoms with Crippen molar-refractivity contribution in [2.75, 3.05) is 11.6 Å². The molecule has 2 atom stereocenters. The van der Waals surface area contributed by atoms with Crippen molar-refractivity contribution in [1.29, 1.82) is 0 Å². The molecule has 1 aromatic carbocycles. The molecular formula is C16H19F3N2O5S. The molecule has 2 rings (SSSR count). The van der Waals surface area contributed by atoms with E-state index in [9.17, 15) is 27.6 Å². The van der Waals surface area contributed by atoms with Gasteiger partial charge in [0.15, 0.2) is 0 Å². The number of alkyl halides is 3. The Balaban J connectivity index is 0.000000289. The van der Waals surface area contributed by atoms with Crippen LogP contribution in [0.15, 0.2) is 24.3 Å². The Labute approximate surface area is 157 Å². The first-order chi connectivity index (χ1) is 12.4. The highest BCUT2D eigenvalue weighted by Gasteiger charge is 2.32. The maximum Gasteiger partial charge on any atom is 0.416 e. The zero-order valence-electron chi connectivity index (χ0n) is 14.3. The van der Waals surface area contributed by atoms with Crippen molar-refractivity contribution >= 4 is 29.6 Å². The fourth-order valence-corrected chi connectivity index (χ4v) is 3.34. The van der Waals surface area contributed by atoms with E-state index in [0.717, 1.165) is 12.1 Å². The van der Waals surface area contributed by atoms with Crippen LogP contribution < -0.4 is 5.73 Å². The highest BCUT2D eigenvalue weighted by Crippen LogP contribution is 2.29. The topological polar surface area (TPSA) is 121 Å². The van der Waals surface area contributed by atoms with Crippen LogP contribution in [-0.4, -0.2) is 56.7 Å². The average molecular weight is 408 g/mol. The van der Waals surface area contributed by atoms with Crippen LogP contribution >= 0.6 is 11.8 Å².